The minimum absolute atomic E-state index is 0.558. The lowest BCUT2D eigenvalue weighted by Crippen LogP contribution is -2.32. The topological polar surface area (TPSA) is 65.7 Å². The van der Waals surface area contributed by atoms with Crippen LogP contribution in [0.2, 0.25) is 5.02 Å². The summed E-state index contributed by atoms with van der Waals surface area (Å²) in [6.45, 7) is 3.52. The highest BCUT2D eigenvalue weighted by Gasteiger charge is 2.23. The van der Waals surface area contributed by atoms with Crippen LogP contribution in [-0.2, 0) is 19.4 Å². The molecule has 0 fully saturated rings. The highest BCUT2D eigenvalue weighted by atomic mass is 35.5. The van der Waals surface area contributed by atoms with E-state index in [0.717, 1.165) is 47.5 Å². The van der Waals surface area contributed by atoms with Gasteiger partial charge >= 0.3 is 0 Å². The fraction of sp³-hybridized carbons (Fsp3) is 0.263. The molecule has 124 valence electrons. The molecule has 3 aromatic rings. The van der Waals surface area contributed by atoms with Gasteiger partial charge in [0.15, 0.2) is 0 Å². The van der Waals surface area contributed by atoms with Crippen LogP contribution in [0.1, 0.15) is 29.6 Å². The van der Waals surface area contributed by atoms with Crippen LogP contribution in [0.5, 0.6) is 0 Å². The molecule has 1 aliphatic rings. The molecule has 0 atom stereocenters. The van der Waals surface area contributed by atoms with Gasteiger partial charge in [-0.3, -0.25) is 4.98 Å². The standard InChI is InChI=1S/C19H16ClN5/c1-2-18-23-9-12-5-6-25(11-17(12)24-18)19-13(8-21)10-22-16-4-3-14(20)7-15(16)19/h3-4,7,9-10H,2,5-6,11H2,1H3. The Balaban J connectivity index is 1.84. The minimum Gasteiger partial charge on any atom is -0.364 e. The van der Waals surface area contributed by atoms with E-state index in [1.54, 1.807) is 6.20 Å². The number of benzene rings is 1. The monoisotopic (exact) mass is 349 g/mol. The van der Waals surface area contributed by atoms with Gasteiger partial charge in [0.1, 0.15) is 11.9 Å². The van der Waals surface area contributed by atoms with E-state index in [1.807, 2.05) is 24.4 Å². The number of halogens is 1. The zero-order chi connectivity index (χ0) is 17.4. The van der Waals surface area contributed by atoms with Crippen molar-refractivity contribution < 1.29 is 0 Å². The average molecular weight is 350 g/mol. The summed E-state index contributed by atoms with van der Waals surface area (Å²) in [6.07, 6.45) is 5.24. The predicted octanol–water partition coefficient (Wildman–Crippen LogP) is 3.67. The first-order valence-electron chi connectivity index (χ1n) is 8.26. The van der Waals surface area contributed by atoms with Crippen molar-refractivity contribution in [1.29, 1.82) is 5.26 Å². The highest BCUT2D eigenvalue weighted by molar-refractivity contribution is 6.31. The number of rotatable bonds is 2. The summed E-state index contributed by atoms with van der Waals surface area (Å²) in [5.41, 5.74) is 4.50. The first-order valence-corrected chi connectivity index (χ1v) is 8.64. The Kier molecular flexibility index (Phi) is 3.98. The first kappa shape index (κ1) is 15.8. The maximum Gasteiger partial charge on any atom is 0.128 e. The molecule has 0 radical (unpaired) electrons. The smallest absolute Gasteiger partial charge is 0.128 e. The number of pyridine rings is 1. The molecule has 4 rings (SSSR count). The largest absolute Gasteiger partial charge is 0.364 e. The average Bonchev–Trinajstić information content (AvgIpc) is 2.66. The second-order valence-electron chi connectivity index (χ2n) is 6.08. The quantitative estimate of drug-likeness (QED) is 0.706. The third-order valence-corrected chi connectivity index (χ3v) is 4.79. The Morgan fingerprint density at radius 3 is 2.96 bits per heavy atom. The summed E-state index contributed by atoms with van der Waals surface area (Å²) in [5, 5.41) is 11.1. The number of nitrogens with zero attached hydrogens (tertiary/aromatic N) is 5. The van der Waals surface area contributed by atoms with Crippen LogP contribution in [0.3, 0.4) is 0 Å². The van der Waals surface area contributed by atoms with Crippen molar-refractivity contribution >= 4 is 28.2 Å². The minimum atomic E-state index is 0.558. The van der Waals surface area contributed by atoms with Gasteiger partial charge in [-0.2, -0.15) is 5.26 Å². The Hall–Kier alpha value is -2.71. The van der Waals surface area contributed by atoms with Gasteiger partial charge < -0.3 is 4.90 Å². The van der Waals surface area contributed by atoms with Crippen molar-refractivity contribution in [3.63, 3.8) is 0 Å². The fourth-order valence-electron chi connectivity index (χ4n) is 3.28. The summed E-state index contributed by atoms with van der Waals surface area (Å²) in [5.74, 6) is 0.851. The van der Waals surface area contributed by atoms with Gasteiger partial charge in [0.05, 0.1) is 29.0 Å². The maximum absolute atomic E-state index is 9.58. The molecular formula is C19H16ClN5. The van der Waals surface area contributed by atoms with Crippen LogP contribution in [0, 0.1) is 11.3 Å². The molecule has 1 aromatic carbocycles. The maximum atomic E-state index is 9.58. The van der Waals surface area contributed by atoms with Gasteiger partial charge in [-0.25, -0.2) is 9.97 Å². The fourth-order valence-corrected chi connectivity index (χ4v) is 3.45. The number of aromatic nitrogens is 3. The van der Waals surface area contributed by atoms with E-state index in [0.29, 0.717) is 17.1 Å². The normalized spacial score (nSPS) is 13.6. The van der Waals surface area contributed by atoms with Crippen molar-refractivity contribution in [3.05, 3.63) is 58.3 Å². The van der Waals surface area contributed by atoms with Crippen LogP contribution in [0.4, 0.5) is 5.69 Å². The number of hydrogen-bond acceptors (Lipinski definition) is 5. The van der Waals surface area contributed by atoms with Gasteiger partial charge in [0, 0.05) is 35.8 Å². The molecule has 25 heavy (non-hydrogen) atoms. The molecule has 6 heteroatoms. The molecule has 0 amide bonds. The molecule has 0 spiro atoms. The zero-order valence-corrected chi connectivity index (χ0v) is 14.6. The SMILES string of the molecule is CCc1ncc2c(n1)CN(c1c(C#N)cnc3ccc(Cl)cc13)CC2. The molecule has 0 saturated heterocycles. The van der Waals surface area contributed by atoms with Crippen LogP contribution < -0.4 is 4.90 Å². The molecule has 1 aliphatic heterocycles. The lowest BCUT2D eigenvalue weighted by Gasteiger charge is -2.31. The van der Waals surface area contributed by atoms with E-state index in [1.165, 1.54) is 5.56 Å². The molecule has 0 bridgehead atoms. The van der Waals surface area contributed by atoms with E-state index in [9.17, 15) is 5.26 Å². The van der Waals surface area contributed by atoms with Crippen molar-refractivity contribution in [2.75, 3.05) is 11.4 Å². The van der Waals surface area contributed by atoms with Crippen LogP contribution in [-0.4, -0.2) is 21.5 Å². The second kappa shape index (κ2) is 6.30. The van der Waals surface area contributed by atoms with Crippen molar-refractivity contribution in [2.45, 2.75) is 26.3 Å². The van der Waals surface area contributed by atoms with E-state index in [4.69, 9.17) is 11.6 Å². The Labute approximate surface area is 150 Å². The second-order valence-corrected chi connectivity index (χ2v) is 6.51. The predicted molar refractivity (Wildman–Crippen MR) is 97.6 cm³/mol. The van der Waals surface area contributed by atoms with Crippen molar-refractivity contribution in [2.24, 2.45) is 0 Å². The van der Waals surface area contributed by atoms with E-state index < -0.39 is 0 Å². The molecule has 0 unspecified atom stereocenters. The van der Waals surface area contributed by atoms with E-state index in [-0.39, 0.29) is 0 Å². The molecule has 0 N–H and O–H groups in total. The van der Waals surface area contributed by atoms with Crippen molar-refractivity contribution in [1.82, 2.24) is 15.0 Å². The van der Waals surface area contributed by atoms with E-state index >= 15 is 0 Å². The summed E-state index contributed by atoms with van der Waals surface area (Å²) in [6, 6.07) is 7.86. The van der Waals surface area contributed by atoms with Crippen LogP contribution in [0.25, 0.3) is 10.9 Å². The number of anilines is 1. The Morgan fingerprint density at radius 1 is 1.28 bits per heavy atom. The lowest BCUT2D eigenvalue weighted by atomic mass is 10.0. The van der Waals surface area contributed by atoms with Gasteiger partial charge in [-0.15, -0.1) is 0 Å². The lowest BCUT2D eigenvalue weighted by molar-refractivity contribution is 0.694. The Morgan fingerprint density at radius 2 is 2.16 bits per heavy atom. The summed E-state index contributed by atoms with van der Waals surface area (Å²) < 4.78 is 0. The van der Waals surface area contributed by atoms with E-state index in [2.05, 4.69) is 32.8 Å². The van der Waals surface area contributed by atoms with Gasteiger partial charge in [0.25, 0.3) is 0 Å². The zero-order valence-electron chi connectivity index (χ0n) is 13.8. The molecule has 3 heterocycles. The summed E-state index contributed by atoms with van der Waals surface area (Å²) in [4.78, 5) is 15.7. The van der Waals surface area contributed by atoms with Gasteiger partial charge in [-0.05, 0) is 30.2 Å². The Bertz CT molecular complexity index is 1010. The van der Waals surface area contributed by atoms with Gasteiger partial charge in [0.2, 0.25) is 0 Å². The highest BCUT2D eigenvalue weighted by Crippen LogP contribution is 2.33. The number of aryl methyl sites for hydroxylation is 1. The van der Waals surface area contributed by atoms with Crippen LogP contribution in [0.15, 0.2) is 30.6 Å². The molecule has 0 aliphatic carbocycles. The molecule has 5 nitrogen and oxygen atoms in total. The molecular weight excluding hydrogens is 334 g/mol. The van der Waals surface area contributed by atoms with Gasteiger partial charge in [-0.1, -0.05) is 18.5 Å². The summed E-state index contributed by atoms with van der Waals surface area (Å²) in [7, 11) is 0. The third-order valence-electron chi connectivity index (χ3n) is 4.55. The number of fused-ring (bicyclic) bond motifs is 2. The van der Waals surface area contributed by atoms with Crippen LogP contribution >= 0.6 is 11.6 Å². The third kappa shape index (κ3) is 2.79. The first-order chi connectivity index (χ1) is 12.2. The number of hydrogen-bond donors (Lipinski definition) is 0. The molecule has 0 saturated carbocycles. The van der Waals surface area contributed by atoms with Crippen molar-refractivity contribution in [3.8, 4) is 6.07 Å². The molecule has 2 aromatic heterocycles. The number of nitriles is 1. The summed E-state index contributed by atoms with van der Waals surface area (Å²) >= 11 is 6.20.